The average molecular weight is 716 g/mol. The monoisotopic (exact) mass is 715 g/mol. The number of halogens is 1. The summed E-state index contributed by atoms with van der Waals surface area (Å²) in [6.07, 6.45) is 8.65. The summed E-state index contributed by atoms with van der Waals surface area (Å²) in [5, 5.41) is 6.40. The fourth-order valence-corrected chi connectivity index (χ4v) is 7.53. The molecule has 1 atom stereocenters. The summed E-state index contributed by atoms with van der Waals surface area (Å²) in [5.74, 6) is 0.570. The van der Waals surface area contributed by atoms with Crippen LogP contribution in [0.5, 0.6) is 0 Å². The molecule has 1 unspecified atom stereocenters. The Hall–Kier alpha value is -4.41. The number of guanidine groups is 1. The molecule has 2 aliphatic rings. The van der Waals surface area contributed by atoms with Gasteiger partial charge in [-0.05, 0) is 85.1 Å². The molecule has 272 valence electrons. The zero-order chi connectivity index (χ0) is 35.9. The van der Waals surface area contributed by atoms with Crippen LogP contribution in [0.2, 0.25) is 5.02 Å². The number of carbonyl (C=O) groups is 3. The van der Waals surface area contributed by atoms with Gasteiger partial charge in [0, 0.05) is 24.7 Å². The first kappa shape index (κ1) is 37.8. The average Bonchev–Trinajstić information content (AvgIpc) is 3.17. The van der Waals surface area contributed by atoms with Crippen LogP contribution >= 0.6 is 11.6 Å². The SMILES string of the molecule is NC(Cc1ccc(Cl)cc1)C(=O)N1CCC(CCCNC(=NC(=O)OCc2ccccc2)NC(=O)OCc2ccccc2)(C2CCCCC2)CC1. The highest BCUT2D eigenvalue weighted by Crippen LogP contribution is 2.49. The number of likely N-dealkylation sites (tertiary alicyclic amines) is 1. The van der Waals surface area contributed by atoms with Crippen LogP contribution in [0.4, 0.5) is 9.59 Å². The third-order valence-corrected chi connectivity index (χ3v) is 10.5. The number of hydrogen-bond donors (Lipinski definition) is 3. The van der Waals surface area contributed by atoms with Gasteiger partial charge >= 0.3 is 12.2 Å². The Balaban J connectivity index is 1.17. The van der Waals surface area contributed by atoms with E-state index in [9.17, 15) is 14.4 Å². The Morgan fingerprint density at radius 2 is 1.45 bits per heavy atom. The molecule has 4 N–H and O–H groups in total. The van der Waals surface area contributed by atoms with Crippen molar-refractivity contribution in [2.45, 2.75) is 83.5 Å². The highest BCUT2D eigenvalue weighted by Gasteiger charge is 2.42. The van der Waals surface area contributed by atoms with Crippen molar-refractivity contribution in [1.29, 1.82) is 0 Å². The number of nitrogens with one attached hydrogen (secondary N) is 2. The minimum atomic E-state index is -0.824. The molecular formula is C40H50ClN5O5. The predicted molar refractivity (Wildman–Crippen MR) is 199 cm³/mol. The third kappa shape index (κ3) is 11.8. The van der Waals surface area contributed by atoms with Crippen molar-refractivity contribution in [3.63, 3.8) is 0 Å². The van der Waals surface area contributed by atoms with E-state index in [-0.39, 0.29) is 30.5 Å². The molecule has 3 aromatic rings. The molecular weight excluding hydrogens is 666 g/mol. The van der Waals surface area contributed by atoms with Gasteiger partial charge in [-0.15, -0.1) is 4.99 Å². The number of rotatable bonds is 12. The second-order valence-electron chi connectivity index (χ2n) is 13.7. The van der Waals surface area contributed by atoms with Gasteiger partial charge in [-0.1, -0.05) is 104 Å². The smallest absolute Gasteiger partial charge is 0.437 e. The molecule has 2 fully saturated rings. The second-order valence-corrected chi connectivity index (χ2v) is 14.1. The van der Waals surface area contributed by atoms with E-state index in [1.54, 1.807) is 0 Å². The lowest BCUT2D eigenvalue weighted by atomic mass is 9.61. The summed E-state index contributed by atoms with van der Waals surface area (Å²) in [6.45, 7) is 1.99. The molecule has 1 heterocycles. The number of nitrogens with zero attached hydrogens (tertiary/aromatic N) is 2. The number of amides is 3. The topological polar surface area (TPSA) is 135 Å². The molecule has 0 aromatic heterocycles. The van der Waals surface area contributed by atoms with Crippen LogP contribution in [0.25, 0.3) is 0 Å². The van der Waals surface area contributed by atoms with Gasteiger partial charge in [-0.2, -0.15) is 0 Å². The quantitative estimate of drug-likeness (QED) is 0.101. The Kier molecular flexibility index (Phi) is 14.3. The van der Waals surface area contributed by atoms with Crippen molar-refractivity contribution in [2.75, 3.05) is 19.6 Å². The number of carbonyl (C=O) groups excluding carboxylic acids is 3. The maximum absolute atomic E-state index is 13.4. The van der Waals surface area contributed by atoms with Crippen LogP contribution < -0.4 is 16.4 Å². The van der Waals surface area contributed by atoms with Gasteiger partial charge in [0.05, 0.1) is 6.04 Å². The van der Waals surface area contributed by atoms with Gasteiger partial charge in [0.25, 0.3) is 0 Å². The van der Waals surface area contributed by atoms with E-state index in [2.05, 4.69) is 15.6 Å². The lowest BCUT2D eigenvalue weighted by Gasteiger charge is -2.48. The van der Waals surface area contributed by atoms with Crippen molar-refractivity contribution in [1.82, 2.24) is 15.5 Å². The first-order valence-electron chi connectivity index (χ1n) is 18.1. The Labute approximate surface area is 306 Å². The summed E-state index contributed by atoms with van der Waals surface area (Å²) in [7, 11) is 0. The molecule has 5 rings (SSSR count). The third-order valence-electron chi connectivity index (χ3n) is 10.2. The number of ether oxygens (including phenoxy) is 2. The maximum Gasteiger partial charge on any atom is 0.437 e. The summed E-state index contributed by atoms with van der Waals surface area (Å²) in [4.78, 5) is 44.8. The van der Waals surface area contributed by atoms with Gasteiger partial charge in [0.15, 0.2) is 0 Å². The molecule has 0 radical (unpaired) electrons. The highest BCUT2D eigenvalue weighted by molar-refractivity contribution is 6.30. The first-order valence-corrected chi connectivity index (χ1v) is 18.5. The zero-order valence-electron chi connectivity index (χ0n) is 29.2. The fraction of sp³-hybridized carbons (Fsp3) is 0.450. The van der Waals surface area contributed by atoms with Crippen LogP contribution in [0, 0.1) is 11.3 Å². The standard InChI is InChI=1S/C40H50ClN5O5/c41-34-19-17-30(18-20-34)27-35(42)36(47)46-25-22-40(23-26-46,33-15-8-3-9-16-33)21-10-24-43-37(44-38(48)50-28-31-11-4-1-5-12-31)45-39(49)51-29-32-13-6-2-7-14-32/h1-2,4-7,11-14,17-20,33,35H,3,8-10,15-16,21-29,42H2,(H2,43,44,45,48,49). The Bertz CT molecular complexity index is 1570. The van der Waals surface area contributed by atoms with E-state index in [1.807, 2.05) is 89.8 Å². The van der Waals surface area contributed by atoms with E-state index >= 15 is 0 Å². The molecule has 10 nitrogen and oxygen atoms in total. The van der Waals surface area contributed by atoms with E-state index in [0.29, 0.717) is 37.0 Å². The normalized spacial score (nSPS) is 16.9. The molecule has 3 amide bonds. The van der Waals surface area contributed by atoms with Gasteiger partial charge < -0.3 is 25.4 Å². The Morgan fingerprint density at radius 1 is 0.843 bits per heavy atom. The van der Waals surface area contributed by atoms with Crippen molar-refractivity contribution >= 4 is 35.7 Å². The predicted octanol–water partition coefficient (Wildman–Crippen LogP) is 7.39. The van der Waals surface area contributed by atoms with Crippen molar-refractivity contribution in [3.8, 4) is 0 Å². The van der Waals surface area contributed by atoms with Gasteiger partial charge in [0.1, 0.15) is 13.2 Å². The molecule has 1 saturated heterocycles. The zero-order valence-corrected chi connectivity index (χ0v) is 30.0. The largest absolute Gasteiger partial charge is 0.444 e. The van der Waals surface area contributed by atoms with Crippen LogP contribution in [-0.4, -0.2) is 54.6 Å². The molecule has 0 spiro atoms. The number of benzene rings is 3. The van der Waals surface area contributed by atoms with Crippen LogP contribution in [0.1, 0.15) is 74.5 Å². The number of nitrogens with two attached hydrogens (primary N) is 1. The van der Waals surface area contributed by atoms with Crippen molar-refractivity contribution < 1.29 is 23.9 Å². The molecule has 1 aliphatic heterocycles. The van der Waals surface area contributed by atoms with Crippen molar-refractivity contribution in [2.24, 2.45) is 22.1 Å². The molecule has 1 saturated carbocycles. The summed E-state index contributed by atoms with van der Waals surface area (Å²) < 4.78 is 10.7. The minimum Gasteiger partial charge on any atom is -0.444 e. The molecule has 1 aliphatic carbocycles. The fourth-order valence-electron chi connectivity index (χ4n) is 7.40. The van der Waals surface area contributed by atoms with Crippen LogP contribution in [-0.2, 0) is 33.9 Å². The molecule has 51 heavy (non-hydrogen) atoms. The van der Waals surface area contributed by atoms with E-state index in [0.717, 1.165) is 42.4 Å². The van der Waals surface area contributed by atoms with Gasteiger partial charge in [0.2, 0.25) is 11.9 Å². The number of aliphatic imine (C=N–C) groups is 1. The highest BCUT2D eigenvalue weighted by atomic mass is 35.5. The number of alkyl carbamates (subject to hydrolysis) is 1. The lowest BCUT2D eigenvalue weighted by molar-refractivity contribution is -0.136. The molecule has 3 aromatic carbocycles. The van der Waals surface area contributed by atoms with Crippen LogP contribution in [0.15, 0.2) is 89.9 Å². The number of piperidine rings is 1. The van der Waals surface area contributed by atoms with Crippen molar-refractivity contribution in [3.05, 3.63) is 107 Å². The lowest BCUT2D eigenvalue weighted by Crippen LogP contribution is -2.51. The minimum absolute atomic E-state index is 0.00547. The molecule has 0 bridgehead atoms. The van der Waals surface area contributed by atoms with E-state index < -0.39 is 18.2 Å². The summed E-state index contributed by atoms with van der Waals surface area (Å²) >= 11 is 6.03. The molecule has 11 heteroatoms. The van der Waals surface area contributed by atoms with Crippen LogP contribution in [0.3, 0.4) is 0 Å². The summed E-state index contributed by atoms with van der Waals surface area (Å²) in [5.41, 5.74) is 9.17. The second kappa shape index (κ2) is 19.3. The van der Waals surface area contributed by atoms with E-state index in [4.69, 9.17) is 26.8 Å². The Morgan fingerprint density at radius 3 is 2.08 bits per heavy atom. The first-order chi connectivity index (χ1) is 24.8. The van der Waals surface area contributed by atoms with E-state index in [1.165, 1.54) is 32.1 Å². The van der Waals surface area contributed by atoms with Gasteiger partial charge in [-0.3, -0.25) is 10.1 Å². The number of hydrogen-bond acceptors (Lipinski definition) is 6. The van der Waals surface area contributed by atoms with Gasteiger partial charge in [-0.25, -0.2) is 9.59 Å². The summed E-state index contributed by atoms with van der Waals surface area (Å²) in [6, 6.07) is 25.6. The maximum atomic E-state index is 13.4.